The predicted octanol–water partition coefficient (Wildman–Crippen LogP) is 0.617. The highest BCUT2D eigenvalue weighted by Gasteiger charge is 2.18. The molecule has 0 spiro atoms. The second kappa shape index (κ2) is 5.85. The maximum absolute atomic E-state index is 10.8. The van der Waals surface area contributed by atoms with Gasteiger partial charge in [-0.3, -0.25) is 9.68 Å². The van der Waals surface area contributed by atoms with Gasteiger partial charge >= 0.3 is 5.97 Å². The molecular formula is C7H11O4. The van der Waals surface area contributed by atoms with Gasteiger partial charge in [-0.2, -0.15) is 4.89 Å². The molecule has 0 aromatic heterocycles. The highest BCUT2D eigenvalue weighted by atomic mass is 17.2. The summed E-state index contributed by atoms with van der Waals surface area (Å²) in [6.07, 6.45) is 1.94. The molecule has 0 rings (SSSR count). The lowest BCUT2D eigenvalue weighted by Crippen LogP contribution is -2.18. The third-order valence-corrected chi connectivity index (χ3v) is 1.09. The van der Waals surface area contributed by atoms with E-state index in [1.54, 1.807) is 20.1 Å². The van der Waals surface area contributed by atoms with E-state index in [0.29, 0.717) is 6.42 Å². The van der Waals surface area contributed by atoms with Crippen LogP contribution >= 0.6 is 0 Å². The Balaban J connectivity index is 3.69. The van der Waals surface area contributed by atoms with Crippen molar-refractivity contribution in [3.05, 3.63) is 0 Å². The molecule has 0 aliphatic rings. The maximum atomic E-state index is 10.8. The lowest BCUT2D eigenvalue weighted by molar-refractivity contribution is -0.271. The van der Waals surface area contributed by atoms with Crippen LogP contribution in [0.1, 0.15) is 20.3 Å². The fourth-order valence-electron chi connectivity index (χ4n) is 0.473. The number of carbonyl (C=O) groups is 1. The van der Waals surface area contributed by atoms with E-state index in [4.69, 9.17) is 0 Å². The molecule has 0 aromatic carbocycles. The van der Waals surface area contributed by atoms with Crippen molar-refractivity contribution >= 4 is 12.3 Å². The fraction of sp³-hybridized carbons (Fsp3) is 0.714. The first-order valence-corrected chi connectivity index (χ1v) is 3.47. The summed E-state index contributed by atoms with van der Waals surface area (Å²) in [5, 5.41) is 0. The van der Waals surface area contributed by atoms with E-state index in [-0.39, 0.29) is 6.61 Å². The SMILES string of the molecule is CCOOC(=O)C([C]=O)CC. The highest BCUT2D eigenvalue weighted by Crippen LogP contribution is 2.01. The van der Waals surface area contributed by atoms with E-state index in [2.05, 4.69) is 9.78 Å². The summed E-state index contributed by atoms with van der Waals surface area (Å²) in [5.74, 6) is -1.49. The number of hydrogen-bond acceptors (Lipinski definition) is 4. The zero-order valence-electron chi connectivity index (χ0n) is 6.62. The molecule has 1 unspecified atom stereocenters. The van der Waals surface area contributed by atoms with Gasteiger partial charge in [0.2, 0.25) is 6.29 Å². The smallest absolute Gasteiger partial charge is 0.298 e. The fourth-order valence-corrected chi connectivity index (χ4v) is 0.473. The first kappa shape index (κ1) is 10.1. The molecule has 0 aromatic rings. The van der Waals surface area contributed by atoms with Gasteiger partial charge in [0.05, 0.1) is 6.61 Å². The first-order valence-electron chi connectivity index (χ1n) is 3.47. The summed E-state index contributed by atoms with van der Waals surface area (Å²) >= 11 is 0. The van der Waals surface area contributed by atoms with Crippen molar-refractivity contribution in [3.8, 4) is 0 Å². The normalized spacial score (nSPS) is 12.2. The van der Waals surface area contributed by atoms with Crippen molar-refractivity contribution in [1.29, 1.82) is 0 Å². The number of rotatable bonds is 5. The molecule has 0 bridgehead atoms. The Morgan fingerprint density at radius 3 is 2.55 bits per heavy atom. The lowest BCUT2D eigenvalue weighted by atomic mass is 10.1. The average Bonchev–Trinajstić information content (AvgIpc) is 2.03. The minimum Gasteiger partial charge on any atom is -0.298 e. The van der Waals surface area contributed by atoms with E-state index >= 15 is 0 Å². The van der Waals surface area contributed by atoms with Gasteiger partial charge in [-0.15, -0.1) is 0 Å². The van der Waals surface area contributed by atoms with Crippen LogP contribution in [0.15, 0.2) is 0 Å². The van der Waals surface area contributed by atoms with E-state index in [1.165, 1.54) is 0 Å². The van der Waals surface area contributed by atoms with Crippen LogP contribution < -0.4 is 0 Å². The molecule has 0 aliphatic heterocycles. The van der Waals surface area contributed by atoms with Crippen molar-refractivity contribution in [3.63, 3.8) is 0 Å². The molecule has 63 valence electrons. The largest absolute Gasteiger partial charge is 0.353 e. The van der Waals surface area contributed by atoms with E-state index in [9.17, 15) is 9.59 Å². The van der Waals surface area contributed by atoms with Crippen LogP contribution in [-0.4, -0.2) is 18.9 Å². The molecule has 11 heavy (non-hydrogen) atoms. The van der Waals surface area contributed by atoms with E-state index in [0.717, 1.165) is 0 Å². The van der Waals surface area contributed by atoms with E-state index in [1.807, 2.05) is 0 Å². The molecule has 0 amide bonds. The van der Waals surface area contributed by atoms with Crippen molar-refractivity contribution in [2.24, 2.45) is 5.92 Å². The predicted molar refractivity (Wildman–Crippen MR) is 37.2 cm³/mol. The van der Waals surface area contributed by atoms with Crippen molar-refractivity contribution in [2.45, 2.75) is 20.3 Å². The van der Waals surface area contributed by atoms with Crippen molar-refractivity contribution < 1.29 is 19.4 Å². The van der Waals surface area contributed by atoms with Gasteiger partial charge < -0.3 is 0 Å². The van der Waals surface area contributed by atoms with Crippen LogP contribution in [0.5, 0.6) is 0 Å². The molecule has 4 heteroatoms. The van der Waals surface area contributed by atoms with Crippen molar-refractivity contribution in [1.82, 2.24) is 0 Å². The molecule has 0 saturated carbocycles. The molecule has 1 radical (unpaired) electrons. The molecule has 0 heterocycles. The monoisotopic (exact) mass is 159 g/mol. The zero-order chi connectivity index (χ0) is 8.69. The van der Waals surface area contributed by atoms with Gasteiger partial charge in [0.25, 0.3) is 0 Å². The van der Waals surface area contributed by atoms with Gasteiger partial charge in [0.15, 0.2) is 0 Å². The Labute approximate surface area is 65.4 Å². The third-order valence-electron chi connectivity index (χ3n) is 1.09. The first-order chi connectivity index (χ1) is 5.26. The highest BCUT2D eigenvalue weighted by molar-refractivity contribution is 5.87. The number of carbonyl (C=O) groups excluding carboxylic acids is 2. The van der Waals surface area contributed by atoms with Crippen LogP contribution in [0, 0.1) is 5.92 Å². The van der Waals surface area contributed by atoms with Gasteiger partial charge in [0.1, 0.15) is 5.92 Å². The van der Waals surface area contributed by atoms with Crippen LogP contribution in [0.2, 0.25) is 0 Å². The Kier molecular flexibility index (Phi) is 5.37. The Bertz CT molecular complexity index is 132. The average molecular weight is 159 g/mol. The zero-order valence-corrected chi connectivity index (χ0v) is 6.62. The number of hydrogen-bond donors (Lipinski definition) is 0. The summed E-state index contributed by atoms with van der Waals surface area (Å²) in [6, 6.07) is 0. The molecule has 0 aliphatic carbocycles. The minimum absolute atomic E-state index is 0.279. The van der Waals surface area contributed by atoms with Crippen LogP contribution in [-0.2, 0) is 19.4 Å². The van der Waals surface area contributed by atoms with Crippen LogP contribution in [0.4, 0.5) is 0 Å². The van der Waals surface area contributed by atoms with E-state index < -0.39 is 11.9 Å². The summed E-state index contributed by atoms with van der Waals surface area (Å²) in [6.45, 7) is 3.66. The van der Waals surface area contributed by atoms with Crippen LogP contribution in [0.25, 0.3) is 0 Å². The maximum Gasteiger partial charge on any atom is 0.353 e. The standard InChI is InChI=1S/C7H11O4/c1-3-6(5-8)7(9)11-10-4-2/h6H,3-4H2,1-2H3. The minimum atomic E-state index is -0.818. The topological polar surface area (TPSA) is 52.6 Å². The Hall–Kier alpha value is -0.900. The summed E-state index contributed by atoms with van der Waals surface area (Å²) in [4.78, 5) is 29.4. The molecule has 0 saturated heterocycles. The second-order valence-corrected chi connectivity index (χ2v) is 1.89. The summed E-state index contributed by atoms with van der Waals surface area (Å²) in [7, 11) is 0. The van der Waals surface area contributed by atoms with Gasteiger partial charge in [-0.05, 0) is 13.3 Å². The third kappa shape index (κ3) is 3.72. The Morgan fingerprint density at radius 1 is 1.55 bits per heavy atom. The van der Waals surface area contributed by atoms with Gasteiger partial charge in [0, 0.05) is 0 Å². The Morgan fingerprint density at radius 2 is 2.18 bits per heavy atom. The summed E-state index contributed by atoms with van der Waals surface area (Å²) in [5.41, 5.74) is 0. The van der Waals surface area contributed by atoms with Gasteiger partial charge in [-0.25, -0.2) is 4.79 Å². The second-order valence-electron chi connectivity index (χ2n) is 1.89. The molecule has 0 fully saturated rings. The quantitative estimate of drug-likeness (QED) is 0.335. The summed E-state index contributed by atoms with van der Waals surface area (Å²) < 4.78 is 0. The lowest BCUT2D eigenvalue weighted by Gasteiger charge is -2.03. The molecular weight excluding hydrogens is 148 g/mol. The van der Waals surface area contributed by atoms with Crippen LogP contribution in [0.3, 0.4) is 0 Å². The molecule has 0 N–H and O–H groups in total. The van der Waals surface area contributed by atoms with Gasteiger partial charge in [-0.1, -0.05) is 6.92 Å². The molecule has 4 nitrogen and oxygen atoms in total. The molecule has 1 atom stereocenters. The van der Waals surface area contributed by atoms with Crippen molar-refractivity contribution in [2.75, 3.05) is 6.61 Å².